The molecule has 0 aliphatic carbocycles. The molecule has 1 aromatic heterocycles. The lowest BCUT2D eigenvalue weighted by molar-refractivity contribution is 0.0776. The zero-order valence-electron chi connectivity index (χ0n) is 17.1. The van der Waals surface area contributed by atoms with Crippen LogP contribution in [-0.2, 0) is 11.3 Å². The monoisotopic (exact) mass is 394 g/mol. The summed E-state index contributed by atoms with van der Waals surface area (Å²) in [5.41, 5.74) is 4.13. The summed E-state index contributed by atoms with van der Waals surface area (Å²) in [7, 11) is 0. The fourth-order valence-corrected chi connectivity index (χ4v) is 4.19. The zero-order chi connectivity index (χ0) is 20.1. The summed E-state index contributed by atoms with van der Waals surface area (Å²) in [6.45, 7) is 5.04. The number of nitrogens with zero attached hydrogens (tertiary/aromatic N) is 2. The van der Waals surface area contributed by atoms with E-state index in [1.165, 1.54) is 0 Å². The van der Waals surface area contributed by atoms with Crippen LogP contribution in [0, 0.1) is 0 Å². The summed E-state index contributed by atoms with van der Waals surface area (Å²) in [6.07, 6.45) is 7.92. The number of rotatable bonds is 7. The summed E-state index contributed by atoms with van der Waals surface area (Å²) in [4.78, 5) is 18.9. The number of hydrogen-bond acceptors (Lipinski definition) is 5. The van der Waals surface area contributed by atoms with Gasteiger partial charge in [0.2, 0.25) is 0 Å². The van der Waals surface area contributed by atoms with E-state index in [9.17, 15) is 4.79 Å². The highest BCUT2D eigenvalue weighted by atomic mass is 16.5. The molecule has 1 saturated heterocycles. The zero-order valence-corrected chi connectivity index (χ0v) is 17.1. The van der Waals surface area contributed by atoms with Crippen LogP contribution in [0.3, 0.4) is 0 Å². The second kappa shape index (κ2) is 9.37. The quantitative estimate of drug-likeness (QED) is 0.749. The van der Waals surface area contributed by atoms with E-state index in [1.807, 2.05) is 29.3 Å². The molecule has 3 heterocycles. The molecule has 2 aliphatic heterocycles. The van der Waals surface area contributed by atoms with E-state index in [-0.39, 0.29) is 18.0 Å². The summed E-state index contributed by atoms with van der Waals surface area (Å²) < 4.78 is 5.58. The van der Waals surface area contributed by atoms with Crippen LogP contribution in [0.15, 0.2) is 42.7 Å². The van der Waals surface area contributed by atoms with Crippen molar-refractivity contribution in [1.82, 2.24) is 15.2 Å². The molecule has 0 bridgehead atoms. The van der Waals surface area contributed by atoms with Crippen LogP contribution in [0.2, 0.25) is 0 Å². The maximum Gasteiger partial charge on any atom is 0.254 e. The summed E-state index contributed by atoms with van der Waals surface area (Å²) in [5.74, 6) is 0.159. The fraction of sp³-hybridized carbons (Fsp3) is 0.478. The Hall–Kier alpha value is -2.44. The van der Waals surface area contributed by atoms with Gasteiger partial charge in [-0.2, -0.15) is 0 Å². The van der Waals surface area contributed by atoms with E-state index in [0.29, 0.717) is 13.3 Å². The summed E-state index contributed by atoms with van der Waals surface area (Å²) in [6, 6.07) is 10.5. The number of pyridine rings is 1. The number of carbonyl (C=O) groups excluding carboxylic acids is 1. The maximum absolute atomic E-state index is 12.6. The SMILES string of the molecule is CCCCN1Cc2cc(NC(c3cccnc3)C3CCCOCN3)ccc2C1=O. The highest BCUT2D eigenvalue weighted by Crippen LogP contribution is 2.30. The minimum Gasteiger partial charge on any atom is -0.377 e. The minimum absolute atomic E-state index is 0.0803. The highest BCUT2D eigenvalue weighted by Gasteiger charge is 2.28. The molecule has 4 rings (SSSR count). The standard InChI is InChI=1S/C23H30N4O2/c1-2-3-11-27-15-18-13-19(8-9-20(18)23(27)28)26-22(17-6-4-10-24-14-17)21-7-5-12-29-16-25-21/h4,6,8-10,13-14,21-22,25-26H,2-3,5,7,11-12,15-16H2,1H3. The number of unbranched alkanes of at least 4 members (excludes halogenated alkanes) is 1. The average molecular weight is 395 g/mol. The number of hydrogen-bond donors (Lipinski definition) is 2. The molecule has 6 heteroatoms. The lowest BCUT2D eigenvalue weighted by Gasteiger charge is -2.29. The molecule has 0 spiro atoms. The van der Waals surface area contributed by atoms with E-state index in [0.717, 1.165) is 61.2 Å². The Balaban J connectivity index is 1.55. The van der Waals surface area contributed by atoms with Crippen LogP contribution in [-0.4, -0.2) is 41.7 Å². The van der Waals surface area contributed by atoms with E-state index in [2.05, 4.69) is 34.7 Å². The van der Waals surface area contributed by atoms with Gasteiger partial charge >= 0.3 is 0 Å². The third kappa shape index (κ3) is 4.60. The number of benzene rings is 1. The normalized spacial score (nSPS) is 20.2. The molecule has 2 unspecified atom stereocenters. The number of amides is 1. The van der Waals surface area contributed by atoms with Crippen LogP contribution in [0.1, 0.15) is 60.1 Å². The van der Waals surface area contributed by atoms with Crippen molar-refractivity contribution in [3.05, 3.63) is 59.4 Å². The molecular weight excluding hydrogens is 364 g/mol. The van der Waals surface area contributed by atoms with Gasteiger partial charge in [0.15, 0.2) is 0 Å². The first-order chi connectivity index (χ1) is 14.3. The Morgan fingerprint density at radius 3 is 3.14 bits per heavy atom. The number of anilines is 1. The Morgan fingerprint density at radius 1 is 1.38 bits per heavy atom. The molecule has 29 heavy (non-hydrogen) atoms. The van der Waals surface area contributed by atoms with Crippen molar-refractivity contribution in [2.75, 3.05) is 25.2 Å². The smallest absolute Gasteiger partial charge is 0.254 e. The fourth-order valence-electron chi connectivity index (χ4n) is 4.19. The Bertz CT molecular complexity index is 819. The molecule has 6 nitrogen and oxygen atoms in total. The van der Waals surface area contributed by atoms with Gasteiger partial charge < -0.3 is 15.0 Å². The number of ether oxygens (including phenoxy) is 1. The van der Waals surface area contributed by atoms with Gasteiger partial charge in [-0.1, -0.05) is 19.4 Å². The first-order valence-electron chi connectivity index (χ1n) is 10.7. The molecule has 0 saturated carbocycles. The molecular formula is C23H30N4O2. The molecule has 2 atom stereocenters. The predicted octanol–water partition coefficient (Wildman–Crippen LogP) is 3.72. The van der Waals surface area contributed by atoms with E-state index < -0.39 is 0 Å². The van der Waals surface area contributed by atoms with Crippen LogP contribution in [0.4, 0.5) is 5.69 Å². The second-order valence-electron chi connectivity index (χ2n) is 7.87. The van der Waals surface area contributed by atoms with Crippen molar-refractivity contribution in [3.63, 3.8) is 0 Å². The van der Waals surface area contributed by atoms with Crippen molar-refractivity contribution in [2.24, 2.45) is 0 Å². The van der Waals surface area contributed by atoms with Crippen LogP contribution < -0.4 is 10.6 Å². The van der Waals surface area contributed by atoms with Gasteiger partial charge in [-0.3, -0.25) is 15.1 Å². The first kappa shape index (κ1) is 19.9. The van der Waals surface area contributed by atoms with Gasteiger partial charge in [-0.15, -0.1) is 0 Å². The number of carbonyl (C=O) groups is 1. The second-order valence-corrected chi connectivity index (χ2v) is 7.87. The van der Waals surface area contributed by atoms with Crippen molar-refractivity contribution in [3.8, 4) is 0 Å². The first-order valence-corrected chi connectivity index (χ1v) is 10.7. The van der Waals surface area contributed by atoms with Crippen LogP contribution >= 0.6 is 0 Å². The van der Waals surface area contributed by atoms with Crippen molar-refractivity contribution >= 4 is 11.6 Å². The predicted molar refractivity (Wildman–Crippen MR) is 114 cm³/mol. The largest absolute Gasteiger partial charge is 0.377 e. The van der Waals surface area contributed by atoms with Crippen LogP contribution in [0.25, 0.3) is 0 Å². The Morgan fingerprint density at radius 2 is 2.31 bits per heavy atom. The number of aromatic nitrogens is 1. The van der Waals surface area contributed by atoms with Gasteiger partial charge in [0, 0.05) is 49.4 Å². The lowest BCUT2D eigenvalue weighted by Crippen LogP contribution is -2.38. The van der Waals surface area contributed by atoms with Crippen molar-refractivity contribution in [2.45, 2.75) is 51.2 Å². The Kier molecular flexibility index (Phi) is 6.42. The summed E-state index contributed by atoms with van der Waals surface area (Å²) in [5, 5.41) is 7.22. The van der Waals surface area contributed by atoms with Gasteiger partial charge in [0.25, 0.3) is 5.91 Å². The molecule has 2 aromatic rings. The van der Waals surface area contributed by atoms with Crippen molar-refractivity contribution < 1.29 is 9.53 Å². The van der Waals surface area contributed by atoms with Gasteiger partial charge in [-0.25, -0.2) is 0 Å². The van der Waals surface area contributed by atoms with E-state index >= 15 is 0 Å². The average Bonchev–Trinajstić information content (AvgIpc) is 2.91. The van der Waals surface area contributed by atoms with Crippen molar-refractivity contribution in [1.29, 1.82) is 0 Å². The number of fused-ring (bicyclic) bond motifs is 1. The topological polar surface area (TPSA) is 66.5 Å². The molecule has 1 fully saturated rings. The highest BCUT2D eigenvalue weighted by molar-refractivity contribution is 5.98. The van der Waals surface area contributed by atoms with Gasteiger partial charge in [-0.05, 0) is 54.7 Å². The maximum atomic E-state index is 12.6. The molecule has 1 amide bonds. The molecule has 154 valence electrons. The third-order valence-electron chi connectivity index (χ3n) is 5.79. The molecule has 0 radical (unpaired) electrons. The third-order valence-corrected chi connectivity index (χ3v) is 5.79. The number of nitrogens with one attached hydrogen (secondary N) is 2. The lowest BCUT2D eigenvalue weighted by atomic mass is 9.96. The Labute approximate surface area is 172 Å². The van der Waals surface area contributed by atoms with E-state index in [4.69, 9.17) is 4.74 Å². The van der Waals surface area contributed by atoms with Crippen LogP contribution in [0.5, 0.6) is 0 Å². The molecule has 1 aromatic carbocycles. The minimum atomic E-state index is 0.0803. The molecule has 2 aliphatic rings. The van der Waals surface area contributed by atoms with Gasteiger partial charge in [0.05, 0.1) is 12.8 Å². The molecule has 2 N–H and O–H groups in total. The van der Waals surface area contributed by atoms with E-state index in [1.54, 1.807) is 6.20 Å². The van der Waals surface area contributed by atoms with Gasteiger partial charge in [0.1, 0.15) is 0 Å². The summed E-state index contributed by atoms with van der Waals surface area (Å²) >= 11 is 0.